The average Bonchev–Trinajstić information content (AvgIpc) is 2.04. The Morgan fingerprint density at radius 3 is 3.00 bits per heavy atom. The molecule has 2 radical (unpaired) electrons. The summed E-state index contributed by atoms with van der Waals surface area (Å²) in [5.41, 5.74) is 0. The molecule has 1 aliphatic rings. The first kappa shape index (κ1) is 9.04. The van der Waals surface area contributed by atoms with Gasteiger partial charge in [-0.2, -0.15) is 0 Å². The first-order valence-electron chi connectivity index (χ1n) is 3.78. The van der Waals surface area contributed by atoms with Gasteiger partial charge in [-0.1, -0.05) is 5.82 Å². The third-order valence-electron chi connectivity index (χ3n) is 1.96. The van der Waals surface area contributed by atoms with E-state index in [1.807, 2.05) is 0 Å². The minimum absolute atomic E-state index is 0.00519. The quantitative estimate of drug-likeness (QED) is 0.559. The van der Waals surface area contributed by atoms with Crippen LogP contribution in [0.4, 0.5) is 0 Å². The predicted molar refractivity (Wildman–Crippen MR) is 41.7 cm³/mol. The molecule has 1 fully saturated rings. The fourth-order valence-corrected chi connectivity index (χ4v) is 1.29. The summed E-state index contributed by atoms with van der Waals surface area (Å²) in [6, 6.07) is 0. The van der Waals surface area contributed by atoms with Gasteiger partial charge in [-0.05, 0) is 6.42 Å². The lowest BCUT2D eigenvalue weighted by atomic mass is 9.80. The minimum atomic E-state index is -0.195. The smallest absolute Gasteiger partial charge is 0.107 e. The van der Waals surface area contributed by atoms with Crippen LogP contribution in [0.3, 0.4) is 0 Å². The first-order chi connectivity index (χ1) is 5.27. The third kappa shape index (κ3) is 2.19. The number of methoxy groups -OCH3 is 1. The van der Waals surface area contributed by atoms with Gasteiger partial charge in [0.05, 0.1) is 20.6 Å². The van der Waals surface area contributed by atoms with Crippen molar-refractivity contribution in [3.05, 3.63) is 0 Å². The third-order valence-corrected chi connectivity index (χ3v) is 1.96. The lowest BCUT2D eigenvalue weighted by Gasteiger charge is -2.33. The fraction of sp³-hybridized carbons (Fsp3) is 1.00. The van der Waals surface area contributed by atoms with Crippen LogP contribution in [0.5, 0.6) is 0 Å². The maximum absolute atomic E-state index is 8.83. The predicted octanol–water partition coefficient (Wildman–Crippen LogP) is -0.260. The van der Waals surface area contributed by atoms with Crippen LogP contribution in [0.2, 0.25) is 5.82 Å². The summed E-state index contributed by atoms with van der Waals surface area (Å²) < 4.78 is 10.3. The number of aliphatic hydroxyl groups excluding tert-OH is 1. The van der Waals surface area contributed by atoms with Gasteiger partial charge in [0.1, 0.15) is 6.10 Å². The van der Waals surface area contributed by atoms with Gasteiger partial charge in [0, 0.05) is 13.7 Å². The highest BCUT2D eigenvalue weighted by molar-refractivity contribution is 6.11. The molecule has 1 saturated heterocycles. The van der Waals surface area contributed by atoms with Gasteiger partial charge in [-0.25, -0.2) is 0 Å². The van der Waals surface area contributed by atoms with Crippen molar-refractivity contribution in [2.24, 2.45) is 0 Å². The molecule has 1 N–H and O–H groups in total. The van der Waals surface area contributed by atoms with E-state index < -0.39 is 0 Å². The Bertz CT molecular complexity index is 120. The molecule has 0 aromatic carbocycles. The van der Waals surface area contributed by atoms with E-state index in [2.05, 4.69) is 0 Å². The van der Waals surface area contributed by atoms with E-state index in [-0.39, 0.29) is 24.6 Å². The molecular formula is C7H13BO3. The van der Waals surface area contributed by atoms with Crippen LogP contribution in [-0.4, -0.2) is 45.5 Å². The zero-order valence-electron chi connectivity index (χ0n) is 6.69. The molecule has 4 heteroatoms. The number of ether oxygens (including phenoxy) is 2. The fourth-order valence-electron chi connectivity index (χ4n) is 1.29. The topological polar surface area (TPSA) is 38.7 Å². The van der Waals surface area contributed by atoms with Crippen LogP contribution in [-0.2, 0) is 9.47 Å². The van der Waals surface area contributed by atoms with Crippen molar-refractivity contribution in [1.82, 2.24) is 0 Å². The van der Waals surface area contributed by atoms with Gasteiger partial charge in [-0.3, -0.25) is 0 Å². The molecule has 0 amide bonds. The summed E-state index contributed by atoms with van der Waals surface area (Å²) in [6.45, 7) is 0.524. The monoisotopic (exact) mass is 156 g/mol. The van der Waals surface area contributed by atoms with E-state index in [9.17, 15) is 0 Å². The summed E-state index contributed by atoms with van der Waals surface area (Å²) in [4.78, 5) is 0. The highest BCUT2D eigenvalue weighted by Crippen LogP contribution is 2.22. The van der Waals surface area contributed by atoms with Gasteiger partial charge < -0.3 is 14.6 Å². The van der Waals surface area contributed by atoms with E-state index in [1.54, 1.807) is 7.11 Å². The van der Waals surface area contributed by atoms with Crippen LogP contribution in [0.1, 0.15) is 6.42 Å². The molecular weight excluding hydrogens is 143 g/mol. The molecule has 3 unspecified atom stereocenters. The van der Waals surface area contributed by atoms with Crippen LogP contribution in [0, 0.1) is 0 Å². The lowest BCUT2D eigenvalue weighted by Crippen LogP contribution is -2.40. The molecule has 0 aromatic heterocycles. The van der Waals surface area contributed by atoms with Crippen molar-refractivity contribution < 1.29 is 14.6 Å². The standard InChI is InChI=1S/C7H13BO3/c1-10-6-2-5(8)4-11-7(6)3-9/h5-7,9H,2-4H2,1H3. The molecule has 1 aliphatic heterocycles. The first-order valence-corrected chi connectivity index (χ1v) is 3.78. The Morgan fingerprint density at radius 2 is 2.45 bits per heavy atom. The average molecular weight is 156 g/mol. The Balaban J connectivity index is 2.41. The molecule has 11 heavy (non-hydrogen) atoms. The molecule has 3 atom stereocenters. The van der Waals surface area contributed by atoms with Crippen LogP contribution < -0.4 is 0 Å². The second-order valence-electron chi connectivity index (χ2n) is 2.82. The largest absolute Gasteiger partial charge is 0.394 e. The zero-order valence-corrected chi connectivity index (χ0v) is 6.69. The zero-order chi connectivity index (χ0) is 8.27. The normalized spacial score (nSPS) is 38.9. The number of aliphatic hydroxyl groups is 1. The Hall–Kier alpha value is -0.0551. The van der Waals surface area contributed by atoms with E-state index in [1.165, 1.54) is 0 Å². The molecule has 0 aliphatic carbocycles. The summed E-state index contributed by atoms with van der Waals surface area (Å²) in [5, 5.41) is 8.83. The lowest BCUT2D eigenvalue weighted by molar-refractivity contribution is -0.108. The maximum atomic E-state index is 8.83. The Morgan fingerprint density at radius 1 is 1.73 bits per heavy atom. The van der Waals surface area contributed by atoms with Crippen LogP contribution in [0.25, 0.3) is 0 Å². The van der Waals surface area contributed by atoms with E-state index in [4.69, 9.17) is 22.4 Å². The Kier molecular flexibility index (Phi) is 3.36. The molecule has 0 aromatic rings. The number of hydrogen-bond donors (Lipinski definition) is 1. The van der Waals surface area contributed by atoms with Crippen molar-refractivity contribution >= 4 is 7.85 Å². The highest BCUT2D eigenvalue weighted by atomic mass is 16.5. The van der Waals surface area contributed by atoms with E-state index >= 15 is 0 Å². The molecule has 0 spiro atoms. The molecule has 0 bridgehead atoms. The van der Waals surface area contributed by atoms with Crippen molar-refractivity contribution in [1.29, 1.82) is 0 Å². The van der Waals surface area contributed by atoms with Crippen molar-refractivity contribution in [3.8, 4) is 0 Å². The summed E-state index contributed by atoms with van der Waals surface area (Å²) >= 11 is 0. The van der Waals surface area contributed by atoms with Gasteiger partial charge in [0.15, 0.2) is 0 Å². The van der Waals surface area contributed by atoms with Gasteiger partial charge in [-0.15, -0.1) is 0 Å². The van der Waals surface area contributed by atoms with Gasteiger partial charge >= 0.3 is 0 Å². The van der Waals surface area contributed by atoms with Gasteiger partial charge in [0.25, 0.3) is 0 Å². The summed E-state index contributed by atoms with van der Waals surface area (Å²) in [5.74, 6) is 0.0442. The van der Waals surface area contributed by atoms with E-state index in [0.717, 1.165) is 6.42 Å². The number of rotatable bonds is 2. The minimum Gasteiger partial charge on any atom is -0.394 e. The number of hydrogen-bond acceptors (Lipinski definition) is 3. The molecule has 3 nitrogen and oxygen atoms in total. The SMILES string of the molecule is [B]C1COC(CO)C(OC)C1. The van der Waals surface area contributed by atoms with Crippen molar-refractivity contribution in [2.45, 2.75) is 24.4 Å². The van der Waals surface area contributed by atoms with Crippen molar-refractivity contribution in [3.63, 3.8) is 0 Å². The summed E-state index contributed by atoms with van der Waals surface area (Å²) in [6.07, 6.45) is 0.519. The molecule has 62 valence electrons. The highest BCUT2D eigenvalue weighted by Gasteiger charge is 2.28. The van der Waals surface area contributed by atoms with Crippen LogP contribution >= 0.6 is 0 Å². The molecule has 0 saturated carbocycles. The van der Waals surface area contributed by atoms with Crippen molar-refractivity contribution in [2.75, 3.05) is 20.3 Å². The van der Waals surface area contributed by atoms with E-state index in [0.29, 0.717) is 6.61 Å². The second-order valence-corrected chi connectivity index (χ2v) is 2.82. The maximum Gasteiger partial charge on any atom is 0.107 e. The molecule has 1 rings (SSSR count). The van der Waals surface area contributed by atoms with Gasteiger partial charge in [0.2, 0.25) is 0 Å². The molecule has 1 heterocycles. The van der Waals surface area contributed by atoms with Crippen LogP contribution in [0.15, 0.2) is 0 Å². The Labute approximate surface area is 68.1 Å². The second kappa shape index (κ2) is 4.09. The summed E-state index contributed by atoms with van der Waals surface area (Å²) in [7, 11) is 7.24.